The second kappa shape index (κ2) is 8.21. The molecule has 0 spiro atoms. The first-order valence-corrected chi connectivity index (χ1v) is 11.1. The Hall–Kier alpha value is -2.30. The summed E-state index contributed by atoms with van der Waals surface area (Å²) in [5, 5.41) is 5.43. The molecule has 5 heteroatoms. The van der Waals surface area contributed by atoms with E-state index in [2.05, 4.69) is 45.3 Å². The first-order chi connectivity index (χ1) is 14.3. The number of aryl methyl sites for hydroxylation is 1. The van der Waals surface area contributed by atoms with Crippen LogP contribution in [0, 0.1) is 5.92 Å². The van der Waals surface area contributed by atoms with Crippen LogP contribution in [0.25, 0.3) is 33.3 Å². The first kappa shape index (κ1) is 18.7. The number of halogens is 1. The van der Waals surface area contributed by atoms with Gasteiger partial charge >= 0.3 is 0 Å². The van der Waals surface area contributed by atoms with E-state index in [0.717, 1.165) is 39.9 Å². The highest BCUT2D eigenvalue weighted by Crippen LogP contribution is 2.30. The van der Waals surface area contributed by atoms with E-state index in [1.54, 1.807) is 0 Å². The van der Waals surface area contributed by atoms with E-state index in [4.69, 9.17) is 16.6 Å². The third kappa shape index (κ3) is 3.92. The van der Waals surface area contributed by atoms with Crippen molar-refractivity contribution in [2.24, 2.45) is 5.92 Å². The van der Waals surface area contributed by atoms with Gasteiger partial charge < -0.3 is 14.9 Å². The largest absolute Gasteiger partial charge is 0.347 e. The first-order valence-electron chi connectivity index (χ1n) is 10.7. The number of aromatic nitrogens is 3. The number of hydrogen-bond donors (Lipinski definition) is 2. The molecular formula is C24H27ClN4. The number of piperidine rings is 1. The Bertz CT molecular complexity index is 1120. The minimum atomic E-state index is 0.724. The fourth-order valence-corrected chi connectivity index (χ4v) is 4.79. The molecule has 1 aliphatic rings. The minimum Gasteiger partial charge on any atom is -0.347 e. The van der Waals surface area contributed by atoms with Crippen molar-refractivity contribution in [3.63, 3.8) is 0 Å². The van der Waals surface area contributed by atoms with Crippen LogP contribution in [0.3, 0.4) is 0 Å². The lowest BCUT2D eigenvalue weighted by atomic mass is 9.92. The molecule has 4 aromatic rings. The van der Waals surface area contributed by atoms with Crippen LogP contribution >= 0.6 is 11.6 Å². The van der Waals surface area contributed by atoms with Gasteiger partial charge in [0.15, 0.2) is 0 Å². The Morgan fingerprint density at radius 3 is 2.86 bits per heavy atom. The Labute approximate surface area is 176 Å². The zero-order valence-corrected chi connectivity index (χ0v) is 17.4. The number of imidazole rings is 1. The van der Waals surface area contributed by atoms with Crippen molar-refractivity contribution in [1.82, 2.24) is 19.9 Å². The van der Waals surface area contributed by atoms with Crippen LogP contribution in [0.4, 0.5) is 0 Å². The van der Waals surface area contributed by atoms with Crippen molar-refractivity contribution >= 4 is 33.5 Å². The Morgan fingerprint density at radius 1 is 1.07 bits per heavy atom. The number of hydrogen-bond acceptors (Lipinski definition) is 2. The fourth-order valence-electron chi connectivity index (χ4n) is 4.62. The number of benzene rings is 2. The molecule has 1 saturated heterocycles. The molecule has 0 radical (unpaired) electrons. The van der Waals surface area contributed by atoms with Crippen molar-refractivity contribution in [3.8, 4) is 11.4 Å². The number of unbranched alkanes of at least 4 members (excludes halogenated alkanes) is 1. The van der Waals surface area contributed by atoms with Crippen LogP contribution in [0.15, 0.2) is 48.7 Å². The third-order valence-electron chi connectivity index (χ3n) is 6.23. The number of aromatic amines is 1. The molecule has 4 nitrogen and oxygen atoms in total. The summed E-state index contributed by atoms with van der Waals surface area (Å²) in [4.78, 5) is 8.21. The second-order valence-electron chi connectivity index (χ2n) is 8.18. The molecule has 150 valence electrons. The summed E-state index contributed by atoms with van der Waals surface area (Å²) in [6.07, 6.45) is 8.83. The summed E-state index contributed by atoms with van der Waals surface area (Å²) < 4.78 is 2.39. The third-order valence-corrected chi connectivity index (χ3v) is 6.47. The highest BCUT2D eigenvalue weighted by molar-refractivity contribution is 6.31. The zero-order valence-electron chi connectivity index (χ0n) is 16.6. The van der Waals surface area contributed by atoms with Gasteiger partial charge in [0.1, 0.15) is 5.82 Å². The van der Waals surface area contributed by atoms with Gasteiger partial charge in [-0.15, -0.1) is 0 Å². The maximum atomic E-state index is 6.13. The molecule has 0 aliphatic carbocycles. The molecule has 3 heterocycles. The van der Waals surface area contributed by atoms with Crippen molar-refractivity contribution < 1.29 is 0 Å². The van der Waals surface area contributed by atoms with E-state index in [1.807, 2.05) is 18.2 Å². The van der Waals surface area contributed by atoms with Gasteiger partial charge in [0.2, 0.25) is 0 Å². The normalized spacial score (nSPS) is 15.5. The van der Waals surface area contributed by atoms with E-state index in [1.165, 1.54) is 56.1 Å². The van der Waals surface area contributed by atoms with Gasteiger partial charge in [-0.1, -0.05) is 36.6 Å². The lowest BCUT2D eigenvalue weighted by molar-refractivity contribution is 0.341. The molecule has 0 atom stereocenters. The van der Waals surface area contributed by atoms with E-state index < -0.39 is 0 Å². The highest BCUT2D eigenvalue weighted by atomic mass is 35.5. The molecule has 2 aromatic carbocycles. The highest BCUT2D eigenvalue weighted by Gasteiger charge is 2.13. The summed E-state index contributed by atoms with van der Waals surface area (Å²) in [7, 11) is 0. The number of nitrogens with zero attached hydrogens (tertiary/aromatic N) is 2. The van der Waals surface area contributed by atoms with Crippen LogP contribution in [0.5, 0.6) is 0 Å². The monoisotopic (exact) mass is 406 g/mol. The Kier molecular flexibility index (Phi) is 5.30. The fraction of sp³-hybridized carbons (Fsp3) is 0.375. The standard InChI is InChI=1S/C24H27ClN4/c25-18-7-8-21-22(16-18)28-24(27-21)20-5-3-6-23-19(20)11-15-29(23)14-2-1-4-17-9-12-26-13-10-17/h3,5-8,11,15-17,26H,1-2,4,9-10,12-14H2,(H,27,28). The maximum Gasteiger partial charge on any atom is 0.139 e. The van der Waals surface area contributed by atoms with Gasteiger partial charge in [0, 0.05) is 34.2 Å². The zero-order chi connectivity index (χ0) is 19.6. The molecule has 0 amide bonds. The minimum absolute atomic E-state index is 0.724. The average Bonchev–Trinajstić information content (AvgIpc) is 3.35. The molecule has 29 heavy (non-hydrogen) atoms. The lowest BCUT2D eigenvalue weighted by Crippen LogP contribution is -2.27. The van der Waals surface area contributed by atoms with Gasteiger partial charge in [-0.25, -0.2) is 4.98 Å². The number of H-pyrrole nitrogens is 1. The van der Waals surface area contributed by atoms with E-state index in [9.17, 15) is 0 Å². The number of nitrogens with one attached hydrogen (secondary N) is 2. The smallest absolute Gasteiger partial charge is 0.139 e. The van der Waals surface area contributed by atoms with Crippen LogP contribution in [-0.2, 0) is 6.54 Å². The Morgan fingerprint density at radius 2 is 1.97 bits per heavy atom. The van der Waals surface area contributed by atoms with Crippen molar-refractivity contribution in [3.05, 3.63) is 53.7 Å². The van der Waals surface area contributed by atoms with Crippen molar-refractivity contribution in [2.75, 3.05) is 13.1 Å². The van der Waals surface area contributed by atoms with Crippen molar-refractivity contribution in [2.45, 2.75) is 38.6 Å². The van der Waals surface area contributed by atoms with Gasteiger partial charge in [-0.3, -0.25) is 0 Å². The summed E-state index contributed by atoms with van der Waals surface area (Å²) >= 11 is 6.13. The molecule has 2 aromatic heterocycles. The van der Waals surface area contributed by atoms with Gasteiger partial charge in [0.05, 0.1) is 11.0 Å². The van der Waals surface area contributed by atoms with Gasteiger partial charge in [0.25, 0.3) is 0 Å². The Balaban J connectivity index is 1.33. The molecule has 5 rings (SSSR count). The lowest BCUT2D eigenvalue weighted by Gasteiger charge is -2.22. The second-order valence-corrected chi connectivity index (χ2v) is 8.62. The molecule has 0 bridgehead atoms. The van der Waals surface area contributed by atoms with Gasteiger partial charge in [-0.05, 0) is 68.6 Å². The van der Waals surface area contributed by atoms with Crippen LogP contribution in [0.1, 0.15) is 32.1 Å². The SMILES string of the molecule is Clc1ccc2nc(-c3cccc4c3ccn4CCCCC3CCNCC3)[nH]c2c1. The number of rotatable bonds is 6. The molecule has 1 aliphatic heterocycles. The average molecular weight is 407 g/mol. The predicted octanol–water partition coefficient (Wildman–Crippen LogP) is 6.01. The van der Waals surface area contributed by atoms with E-state index in [-0.39, 0.29) is 0 Å². The molecule has 1 fully saturated rings. The number of fused-ring (bicyclic) bond motifs is 2. The predicted molar refractivity (Wildman–Crippen MR) is 121 cm³/mol. The van der Waals surface area contributed by atoms with Crippen LogP contribution in [-0.4, -0.2) is 27.6 Å². The molecule has 0 unspecified atom stereocenters. The topological polar surface area (TPSA) is 45.6 Å². The summed E-state index contributed by atoms with van der Waals surface area (Å²) in [6, 6.07) is 14.5. The molecule has 0 saturated carbocycles. The summed E-state index contributed by atoms with van der Waals surface area (Å²) in [5.74, 6) is 1.82. The van der Waals surface area contributed by atoms with Crippen LogP contribution in [0.2, 0.25) is 5.02 Å². The van der Waals surface area contributed by atoms with Gasteiger partial charge in [-0.2, -0.15) is 0 Å². The quantitative estimate of drug-likeness (QED) is 0.385. The van der Waals surface area contributed by atoms with E-state index >= 15 is 0 Å². The summed E-state index contributed by atoms with van der Waals surface area (Å²) in [5.41, 5.74) is 4.34. The van der Waals surface area contributed by atoms with Crippen molar-refractivity contribution in [1.29, 1.82) is 0 Å². The van der Waals surface area contributed by atoms with Crippen LogP contribution < -0.4 is 5.32 Å². The molecular weight excluding hydrogens is 380 g/mol. The maximum absolute atomic E-state index is 6.13. The molecule has 2 N–H and O–H groups in total. The van der Waals surface area contributed by atoms with E-state index in [0.29, 0.717) is 0 Å². The summed E-state index contributed by atoms with van der Waals surface area (Å²) in [6.45, 7) is 3.47.